The molecule has 2 aromatic rings. The van der Waals surface area contributed by atoms with Gasteiger partial charge in [0, 0.05) is 31.8 Å². The van der Waals surface area contributed by atoms with Gasteiger partial charge in [0.25, 0.3) is 0 Å². The van der Waals surface area contributed by atoms with Gasteiger partial charge in [-0.2, -0.15) is 0 Å². The minimum Gasteiger partial charge on any atom is -0.490 e. The van der Waals surface area contributed by atoms with Gasteiger partial charge in [0.2, 0.25) is 0 Å². The number of anilines is 1. The average molecular weight is 325 g/mol. The van der Waals surface area contributed by atoms with E-state index in [0.717, 1.165) is 30.2 Å². The van der Waals surface area contributed by atoms with Crippen molar-refractivity contribution in [1.29, 1.82) is 0 Å². The van der Waals surface area contributed by atoms with Crippen LogP contribution in [-0.4, -0.2) is 26.2 Å². The molecule has 3 rings (SSSR count). The molecule has 0 fully saturated rings. The van der Waals surface area contributed by atoms with E-state index in [1.165, 1.54) is 11.1 Å². The zero-order valence-electron chi connectivity index (χ0n) is 14.1. The number of nitrogens with zero attached hydrogens (tertiary/aromatic N) is 1. The van der Waals surface area contributed by atoms with Crippen molar-refractivity contribution in [3.05, 3.63) is 53.6 Å². The van der Waals surface area contributed by atoms with E-state index in [9.17, 15) is 0 Å². The lowest BCUT2D eigenvalue weighted by Crippen LogP contribution is -2.30. The van der Waals surface area contributed by atoms with Crippen molar-refractivity contribution in [2.75, 3.05) is 25.6 Å². The first-order valence-corrected chi connectivity index (χ1v) is 8.18. The van der Waals surface area contributed by atoms with Gasteiger partial charge >= 0.3 is 0 Å². The lowest BCUT2D eigenvalue weighted by molar-refractivity contribution is 0.297. The van der Waals surface area contributed by atoms with Crippen molar-refractivity contribution in [1.82, 2.24) is 5.32 Å². The van der Waals surface area contributed by atoms with Gasteiger partial charge in [0.15, 0.2) is 17.5 Å². The number of aryl methyl sites for hydroxylation is 1. The quantitative estimate of drug-likeness (QED) is 0.671. The highest BCUT2D eigenvalue weighted by atomic mass is 16.5. The molecule has 0 saturated heterocycles. The van der Waals surface area contributed by atoms with Gasteiger partial charge in [-0.1, -0.05) is 24.3 Å². The summed E-state index contributed by atoms with van der Waals surface area (Å²) >= 11 is 0. The van der Waals surface area contributed by atoms with Crippen LogP contribution >= 0.6 is 0 Å². The van der Waals surface area contributed by atoms with Crippen LogP contribution in [0.4, 0.5) is 5.69 Å². The van der Waals surface area contributed by atoms with Gasteiger partial charge < -0.3 is 20.1 Å². The van der Waals surface area contributed by atoms with Crippen molar-refractivity contribution in [3.63, 3.8) is 0 Å². The third-order valence-corrected chi connectivity index (χ3v) is 3.94. The molecule has 0 radical (unpaired) electrons. The molecule has 0 atom stereocenters. The number of guanidine groups is 1. The zero-order valence-corrected chi connectivity index (χ0v) is 14.1. The van der Waals surface area contributed by atoms with E-state index >= 15 is 0 Å². The van der Waals surface area contributed by atoms with Crippen molar-refractivity contribution in [2.24, 2.45) is 4.99 Å². The van der Waals surface area contributed by atoms with Crippen LogP contribution in [0.15, 0.2) is 47.5 Å². The summed E-state index contributed by atoms with van der Waals surface area (Å²) in [6.45, 7) is 4.20. The Hall–Kier alpha value is -2.69. The van der Waals surface area contributed by atoms with E-state index in [0.29, 0.717) is 19.2 Å². The van der Waals surface area contributed by atoms with Crippen LogP contribution in [0.25, 0.3) is 0 Å². The Morgan fingerprint density at radius 1 is 1.08 bits per heavy atom. The second-order valence-electron chi connectivity index (χ2n) is 5.69. The maximum Gasteiger partial charge on any atom is 0.195 e. The summed E-state index contributed by atoms with van der Waals surface area (Å²) in [4.78, 5) is 4.28. The Labute approximate surface area is 142 Å². The second-order valence-corrected chi connectivity index (χ2v) is 5.69. The lowest BCUT2D eigenvalue weighted by Gasteiger charge is -2.14. The average Bonchev–Trinajstić information content (AvgIpc) is 2.84. The topological polar surface area (TPSA) is 54.9 Å². The molecular formula is C19H23N3O2. The molecule has 0 saturated carbocycles. The number of ether oxygens (including phenoxy) is 2. The van der Waals surface area contributed by atoms with Crippen LogP contribution in [0.3, 0.4) is 0 Å². The summed E-state index contributed by atoms with van der Waals surface area (Å²) in [6.07, 6.45) is 0.900. The van der Waals surface area contributed by atoms with Gasteiger partial charge in [-0.3, -0.25) is 4.99 Å². The molecular weight excluding hydrogens is 302 g/mol. The predicted molar refractivity (Wildman–Crippen MR) is 97.0 cm³/mol. The third-order valence-electron chi connectivity index (χ3n) is 3.94. The van der Waals surface area contributed by atoms with Crippen molar-refractivity contribution >= 4 is 11.6 Å². The van der Waals surface area contributed by atoms with Crippen molar-refractivity contribution < 1.29 is 9.47 Å². The first kappa shape index (κ1) is 16.2. The minimum atomic E-state index is 0.677. The maximum atomic E-state index is 5.72. The molecule has 24 heavy (non-hydrogen) atoms. The Morgan fingerprint density at radius 3 is 2.67 bits per heavy atom. The molecule has 0 amide bonds. The number of aliphatic imine (C=N–C) groups is 1. The number of benzene rings is 2. The van der Waals surface area contributed by atoms with E-state index in [4.69, 9.17) is 9.47 Å². The summed E-state index contributed by atoms with van der Waals surface area (Å²) in [5, 5.41) is 6.63. The number of hydrogen-bond donors (Lipinski definition) is 2. The number of hydrogen-bond acceptors (Lipinski definition) is 3. The molecule has 2 aromatic carbocycles. The SMILES string of the molecule is CN=C(NCc1ccccc1C)Nc1ccc2c(c1)OCCCO2. The Kier molecular flexibility index (Phi) is 5.21. The highest BCUT2D eigenvalue weighted by molar-refractivity contribution is 5.93. The van der Waals surface area contributed by atoms with E-state index in [1.54, 1.807) is 7.05 Å². The molecule has 0 aromatic heterocycles. The largest absolute Gasteiger partial charge is 0.490 e. The number of fused-ring (bicyclic) bond motifs is 1. The molecule has 0 unspecified atom stereocenters. The standard InChI is InChI=1S/C19H23N3O2/c1-14-6-3-4-7-15(14)13-21-19(20-2)22-16-8-9-17-18(12-16)24-11-5-10-23-17/h3-4,6-9,12H,5,10-11,13H2,1-2H3,(H2,20,21,22). The van der Waals surface area contributed by atoms with Gasteiger partial charge in [0.1, 0.15) is 0 Å². The molecule has 0 aliphatic carbocycles. The fraction of sp³-hybridized carbons (Fsp3) is 0.316. The molecule has 1 aliphatic heterocycles. The van der Waals surface area contributed by atoms with E-state index in [2.05, 4.69) is 34.7 Å². The summed E-state index contributed by atoms with van der Waals surface area (Å²) in [5.74, 6) is 2.28. The third kappa shape index (κ3) is 3.98. The monoisotopic (exact) mass is 325 g/mol. The first-order chi connectivity index (χ1) is 11.8. The van der Waals surface area contributed by atoms with Crippen LogP contribution in [0, 0.1) is 6.92 Å². The molecule has 0 bridgehead atoms. The first-order valence-electron chi connectivity index (χ1n) is 8.18. The van der Waals surface area contributed by atoms with Gasteiger partial charge in [-0.15, -0.1) is 0 Å². The Balaban J connectivity index is 1.65. The minimum absolute atomic E-state index is 0.677. The molecule has 126 valence electrons. The van der Waals surface area contributed by atoms with Crippen LogP contribution in [0.2, 0.25) is 0 Å². The van der Waals surface area contributed by atoms with E-state index < -0.39 is 0 Å². The van der Waals surface area contributed by atoms with Crippen LogP contribution in [0.1, 0.15) is 17.5 Å². The predicted octanol–water partition coefficient (Wildman–Crippen LogP) is 3.34. The Morgan fingerprint density at radius 2 is 1.88 bits per heavy atom. The molecule has 1 heterocycles. The lowest BCUT2D eigenvalue weighted by atomic mass is 10.1. The van der Waals surface area contributed by atoms with Crippen LogP contribution in [-0.2, 0) is 6.54 Å². The normalized spacial score (nSPS) is 14.0. The fourth-order valence-electron chi connectivity index (χ4n) is 2.54. The van der Waals surface area contributed by atoms with Gasteiger partial charge in [-0.25, -0.2) is 0 Å². The van der Waals surface area contributed by atoms with E-state index in [1.807, 2.05) is 30.3 Å². The molecule has 1 aliphatic rings. The summed E-state index contributed by atoms with van der Waals surface area (Å²) in [7, 11) is 1.76. The maximum absolute atomic E-state index is 5.72. The summed E-state index contributed by atoms with van der Waals surface area (Å²) in [6, 6.07) is 14.2. The zero-order chi connectivity index (χ0) is 16.8. The van der Waals surface area contributed by atoms with Crippen LogP contribution in [0.5, 0.6) is 11.5 Å². The van der Waals surface area contributed by atoms with Gasteiger partial charge in [0.05, 0.1) is 13.2 Å². The molecule has 5 nitrogen and oxygen atoms in total. The highest BCUT2D eigenvalue weighted by Crippen LogP contribution is 2.32. The fourth-order valence-corrected chi connectivity index (χ4v) is 2.54. The van der Waals surface area contributed by atoms with Crippen LogP contribution < -0.4 is 20.1 Å². The van der Waals surface area contributed by atoms with Crippen molar-refractivity contribution in [3.8, 4) is 11.5 Å². The number of rotatable bonds is 3. The summed E-state index contributed by atoms with van der Waals surface area (Å²) < 4.78 is 11.4. The molecule has 5 heteroatoms. The number of nitrogens with one attached hydrogen (secondary N) is 2. The Bertz CT molecular complexity index is 728. The smallest absolute Gasteiger partial charge is 0.195 e. The highest BCUT2D eigenvalue weighted by Gasteiger charge is 2.11. The second kappa shape index (κ2) is 7.73. The molecule has 0 spiro atoms. The van der Waals surface area contributed by atoms with Gasteiger partial charge in [-0.05, 0) is 30.2 Å². The molecule has 2 N–H and O–H groups in total. The van der Waals surface area contributed by atoms with Crippen molar-refractivity contribution in [2.45, 2.75) is 19.9 Å². The van der Waals surface area contributed by atoms with E-state index in [-0.39, 0.29) is 0 Å². The summed E-state index contributed by atoms with van der Waals surface area (Å²) in [5.41, 5.74) is 3.42.